The highest BCUT2D eigenvalue weighted by Gasteiger charge is 2.48. The van der Waals surface area contributed by atoms with E-state index in [1.165, 1.54) is 40.7 Å². The molecule has 11 heteroatoms. The maximum Gasteiger partial charge on any atom is 0.301 e. The van der Waals surface area contributed by atoms with Crippen molar-refractivity contribution in [3.05, 3.63) is 99.0 Å². The lowest BCUT2D eigenvalue weighted by molar-refractivity contribution is -0.132. The van der Waals surface area contributed by atoms with Gasteiger partial charge in [0.05, 0.1) is 25.3 Å². The molecule has 0 spiro atoms. The second-order valence-corrected chi connectivity index (χ2v) is 13.0. The van der Waals surface area contributed by atoms with E-state index >= 15 is 0 Å². The quantitative estimate of drug-likeness (QED) is 0.0429. The summed E-state index contributed by atoms with van der Waals surface area (Å²) in [6, 6.07) is 19.4. The number of rotatable bonds is 11. The summed E-state index contributed by atoms with van der Waals surface area (Å²) in [6.45, 7) is 4.65. The number of carbonyl (C=O) groups excluding carboxylic acids is 2. The minimum Gasteiger partial charge on any atom is -0.507 e. The molecular formula is C32H30BrN3O5S2. The minimum atomic E-state index is -0.967. The van der Waals surface area contributed by atoms with Crippen molar-refractivity contribution in [2.45, 2.75) is 42.8 Å². The zero-order chi connectivity index (χ0) is 30.5. The first-order chi connectivity index (χ1) is 20.8. The number of thioether (sulfide) groups is 1. The molecule has 8 nitrogen and oxygen atoms in total. The molecule has 222 valence electrons. The van der Waals surface area contributed by atoms with Gasteiger partial charge in [-0.15, -0.1) is 10.2 Å². The Balaban J connectivity index is 1.55. The largest absolute Gasteiger partial charge is 0.507 e. The van der Waals surface area contributed by atoms with E-state index in [-0.39, 0.29) is 16.5 Å². The summed E-state index contributed by atoms with van der Waals surface area (Å²) in [5.74, 6) is -0.199. The van der Waals surface area contributed by atoms with Crippen LogP contribution in [0.2, 0.25) is 0 Å². The molecule has 3 aromatic carbocycles. The number of nitrogens with zero attached hydrogens (tertiary/aromatic N) is 3. The molecule has 0 radical (unpaired) electrons. The maximum atomic E-state index is 13.6. The summed E-state index contributed by atoms with van der Waals surface area (Å²) in [5, 5.41) is 20.3. The molecule has 1 amide bonds. The predicted octanol–water partition coefficient (Wildman–Crippen LogP) is 7.72. The lowest BCUT2D eigenvalue weighted by Gasteiger charge is -2.23. The van der Waals surface area contributed by atoms with Gasteiger partial charge in [0.1, 0.15) is 5.76 Å². The molecule has 1 fully saturated rings. The number of hydrogen-bond acceptors (Lipinski definition) is 9. The first kappa shape index (κ1) is 30.8. The highest BCUT2D eigenvalue weighted by atomic mass is 79.9. The molecule has 0 saturated carbocycles. The molecular weight excluding hydrogens is 650 g/mol. The van der Waals surface area contributed by atoms with Crippen molar-refractivity contribution in [1.82, 2.24) is 10.2 Å². The van der Waals surface area contributed by atoms with Crippen LogP contribution in [-0.2, 0) is 15.3 Å². The van der Waals surface area contributed by atoms with Crippen molar-refractivity contribution in [1.29, 1.82) is 0 Å². The smallest absolute Gasteiger partial charge is 0.301 e. The van der Waals surface area contributed by atoms with Crippen LogP contribution in [-0.4, -0.2) is 40.7 Å². The highest BCUT2D eigenvalue weighted by Crippen LogP contribution is 2.45. The second-order valence-electron chi connectivity index (χ2n) is 9.91. The number of aliphatic hydroxyl groups excluding tert-OH is 1. The summed E-state index contributed by atoms with van der Waals surface area (Å²) >= 11 is 6.12. The molecule has 0 bridgehead atoms. The first-order valence-corrected chi connectivity index (χ1v) is 16.3. The maximum absolute atomic E-state index is 13.6. The fraction of sp³-hybridized carbons (Fsp3) is 0.250. The molecule has 2 heterocycles. The number of anilines is 1. The van der Waals surface area contributed by atoms with Gasteiger partial charge < -0.3 is 14.6 Å². The summed E-state index contributed by atoms with van der Waals surface area (Å²) in [6.07, 6.45) is 1.87. The average molecular weight is 681 g/mol. The van der Waals surface area contributed by atoms with Crippen molar-refractivity contribution >= 4 is 61.6 Å². The van der Waals surface area contributed by atoms with Crippen LogP contribution in [0.25, 0.3) is 5.76 Å². The van der Waals surface area contributed by atoms with E-state index in [0.717, 1.165) is 22.9 Å². The monoisotopic (exact) mass is 679 g/mol. The van der Waals surface area contributed by atoms with Crippen LogP contribution in [0.5, 0.6) is 11.5 Å². The number of amides is 1. The number of benzene rings is 3. The van der Waals surface area contributed by atoms with E-state index < -0.39 is 17.7 Å². The zero-order valence-corrected chi connectivity index (χ0v) is 27.1. The van der Waals surface area contributed by atoms with Gasteiger partial charge in [0, 0.05) is 15.8 Å². The first-order valence-electron chi connectivity index (χ1n) is 13.7. The van der Waals surface area contributed by atoms with Crippen LogP contribution in [0.1, 0.15) is 48.1 Å². The van der Waals surface area contributed by atoms with Gasteiger partial charge in [-0.1, -0.05) is 100 Å². The van der Waals surface area contributed by atoms with E-state index in [9.17, 15) is 14.7 Å². The predicted molar refractivity (Wildman–Crippen MR) is 173 cm³/mol. The van der Waals surface area contributed by atoms with Gasteiger partial charge in [-0.3, -0.25) is 14.5 Å². The number of unbranched alkanes of at least 4 members (excludes halogenated alkanes) is 1. The number of hydrogen-bond donors (Lipinski definition) is 1. The Labute approximate surface area is 266 Å². The van der Waals surface area contributed by atoms with Crippen molar-refractivity contribution in [2.75, 3.05) is 18.6 Å². The van der Waals surface area contributed by atoms with Gasteiger partial charge in [0.2, 0.25) is 5.13 Å². The van der Waals surface area contributed by atoms with Crippen LogP contribution < -0.4 is 14.4 Å². The fourth-order valence-corrected chi connectivity index (χ4v) is 6.68. The van der Waals surface area contributed by atoms with Crippen LogP contribution in [0.3, 0.4) is 0 Å². The Morgan fingerprint density at radius 2 is 1.79 bits per heavy atom. The van der Waals surface area contributed by atoms with Crippen molar-refractivity contribution < 1.29 is 24.2 Å². The van der Waals surface area contributed by atoms with Crippen LogP contribution in [0, 0.1) is 6.92 Å². The van der Waals surface area contributed by atoms with E-state index in [4.69, 9.17) is 9.47 Å². The Morgan fingerprint density at radius 3 is 2.49 bits per heavy atom. The highest BCUT2D eigenvalue weighted by molar-refractivity contribution is 9.10. The number of ether oxygens (including phenoxy) is 2. The third-order valence-corrected chi connectivity index (χ3v) is 9.56. The molecule has 1 aromatic heterocycles. The Morgan fingerprint density at radius 1 is 1.05 bits per heavy atom. The molecule has 1 unspecified atom stereocenters. The summed E-state index contributed by atoms with van der Waals surface area (Å²) in [7, 11) is 1.53. The summed E-state index contributed by atoms with van der Waals surface area (Å²) in [5.41, 5.74) is 3.24. The van der Waals surface area contributed by atoms with E-state index in [1.807, 2.05) is 6.92 Å². The molecule has 4 aromatic rings. The number of halogens is 1. The zero-order valence-electron chi connectivity index (χ0n) is 23.9. The van der Waals surface area contributed by atoms with E-state index in [1.54, 1.807) is 42.5 Å². The molecule has 1 aliphatic heterocycles. The standard InChI is InChI=1S/C32H30BrN3O5S2/c1-4-5-16-41-24-15-12-22(17-25(24)40-3)27-26(28(37)21-10-13-23(33)14-11-21)29(38)30(39)36(27)31-34-35-32(43-31)42-18-20-8-6-19(2)7-9-20/h6-15,17,27,37H,4-5,16,18H2,1-3H3/b28-26-. The lowest BCUT2D eigenvalue weighted by Crippen LogP contribution is -2.29. The third-order valence-electron chi connectivity index (χ3n) is 6.91. The van der Waals surface area contributed by atoms with E-state index in [2.05, 4.69) is 57.3 Å². The van der Waals surface area contributed by atoms with E-state index in [0.29, 0.717) is 39.3 Å². The van der Waals surface area contributed by atoms with Crippen molar-refractivity contribution in [3.63, 3.8) is 0 Å². The molecule has 1 saturated heterocycles. The van der Waals surface area contributed by atoms with Gasteiger partial charge in [0.25, 0.3) is 5.78 Å². The second kappa shape index (κ2) is 13.7. The molecule has 1 atom stereocenters. The van der Waals surface area contributed by atoms with Crippen LogP contribution in [0.4, 0.5) is 5.13 Å². The number of methoxy groups -OCH3 is 1. The van der Waals surface area contributed by atoms with Gasteiger partial charge in [-0.2, -0.15) is 0 Å². The van der Waals surface area contributed by atoms with Crippen LogP contribution in [0.15, 0.2) is 81.1 Å². The number of aryl methyl sites for hydroxylation is 1. The minimum absolute atomic E-state index is 0.0434. The number of Topliss-reactive ketones (excluding diaryl/α,β-unsaturated/α-hetero) is 1. The molecule has 1 N–H and O–H groups in total. The van der Waals surface area contributed by atoms with Crippen molar-refractivity contribution in [2.24, 2.45) is 0 Å². The summed E-state index contributed by atoms with van der Waals surface area (Å²) < 4.78 is 13.0. The number of aliphatic hydroxyl groups is 1. The topological polar surface area (TPSA) is 102 Å². The number of carbonyl (C=O) groups is 2. The Kier molecular flexibility index (Phi) is 9.84. The number of ketones is 1. The fourth-order valence-electron chi connectivity index (χ4n) is 4.60. The molecule has 0 aliphatic carbocycles. The Bertz CT molecular complexity index is 1650. The number of aromatic nitrogens is 2. The third kappa shape index (κ3) is 6.79. The van der Waals surface area contributed by atoms with Crippen LogP contribution >= 0.6 is 39.0 Å². The SMILES string of the molecule is CCCCOc1ccc(C2/C(=C(/O)c3ccc(Br)cc3)C(=O)C(=O)N2c2nnc(SCc3ccc(C)cc3)s2)cc1OC. The molecule has 1 aliphatic rings. The lowest BCUT2D eigenvalue weighted by atomic mass is 9.95. The van der Waals surface area contributed by atoms with Gasteiger partial charge in [-0.25, -0.2) is 0 Å². The molecule has 43 heavy (non-hydrogen) atoms. The van der Waals surface area contributed by atoms with Gasteiger partial charge >= 0.3 is 5.91 Å². The Hall–Kier alpha value is -3.67. The molecule has 5 rings (SSSR count). The average Bonchev–Trinajstić information content (AvgIpc) is 3.59. The van der Waals surface area contributed by atoms with Crippen molar-refractivity contribution in [3.8, 4) is 11.5 Å². The van der Waals surface area contributed by atoms with Gasteiger partial charge in [-0.05, 0) is 48.7 Å². The summed E-state index contributed by atoms with van der Waals surface area (Å²) in [4.78, 5) is 28.5. The van der Waals surface area contributed by atoms with Gasteiger partial charge in [0.15, 0.2) is 15.8 Å². The normalized spacial score (nSPS) is 16.1.